The van der Waals surface area contributed by atoms with E-state index in [9.17, 15) is 0 Å². The number of nitrogens with zero attached hydrogens (tertiary/aromatic N) is 4. The molecule has 3 aromatic heterocycles. The number of hydrogen-bond acceptors (Lipinski definition) is 5. The highest BCUT2D eigenvalue weighted by atomic mass is 32.1. The van der Waals surface area contributed by atoms with Gasteiger partial charge >= 0.3 is 0 Å². The molecular weight excluding hydrogens is 270 g/mol. The molecule has 0 saturated carbocycles. The van der Waals surface area contributed by atoms with E-state index in [1.54, 1.807) is 0 Å². The van der Waals surface area contributed by atoms with Gasteiger partial charge in [-0.15, -0.1) is 11.3 Å². The van der Waals surface area contributed by atoms with Crippen molar-refractivity contribution in [2.24, 2.45) is 0 Å². The van der Waals surface area contributed by atoms with Crippen molar-refractivity contribution in [3.05, 3.63) is 35.4 Å². The molecule has 6 heteroatoms. The van der Waals surface area contributed by atoms with Gasteiger partial charge in [0.15, 0.2) is 5.13 Å². The second-order valence-electron chi connectivity index (χ2n) is 4.67. The van der Waals surface area contributed by atoms with E-state index in [4.69, 9.17) is 5.73 Å². The molecule has 5 nitrogen and oxygen atoms in total. The van der Waals surface area contributed by atoms with E-state index in [1.165, 1.54) is 11.3 Å². The van der Waals surface area contributed by atoms with Crippen molar-refractivity contribution in [3.8, 4) is 0 Å². The van der Waals surface area contributed by atoms with Gasteiger partial charge in [-0.1, -0.05) is 0 Å². The molecule has 0 saturated heterocycles. The van der Waals surface area contributed by atoms with E-state index in [1.807, 2.05) is 23.8 Å². The molecule has 2 N–H and O–H groups in total. The first-order valence-electron chi connectivity index (χ1n) is 6.77. The molecular formula is C14H17N5S. The van der Waals surface area contributed by atoms with E-state index in [0.717, 1.165) is 48.4 Å². The Morgan fingerprint density at radius 3 is 2.95 bits per heavy atom. The SMILES string of the molecule is CCn1c(CCCc2csc(N)n2)nc2cnccc21. The zero-order valence-corrected chi connectivity index (χ0v) is 12.2. The minimum Gasteiger partial charge on any atom is -0.375 e. The van der Waals surface area contributed by atoms with E-state index in [0.29, 0.717) is 5.13 Å². The van der Waals surface area contributed by atoms with Crippen LogP contribution in [-0.2, 0) is 19.4 Å². The topological polar surface area (TPSA) is 69.6 Å². The fourth-order valence-electron chi connectivity index (χ4n) is 2.44. The highest BCUT2D eigenvalue weighted by Gasteiger charge is 2.09. The maximum absolute atomic E-state index is 5.64. The number of fused-ring (bicyclic) bond motifs is 1. The lowest BCUT2D eigenvalue weighted by Gasteiger charge is -2.05. The van der Waals surface area contributed by atoms with Crippen molar-refractivity contribution in [3.63, 3.8) is 0 Å². The number of imidazole rings is 1. The Morgan fingerprint density at radius 2 is 2.20 bits per heavy atom. The number of aryl methyl sites for hydroxylation is 3. The Kier molecular flexibility index (Phi) is 3.64. The van der Waals surface area contributed by atoms with Gasteiger partial charge in [0.1, 0.15) is 11.3 Å². The van der Waals surface area contributed by atoms with Gasteiger partial charge in [0.2, 0.25) is 0 Å². The summed E-state index contributed by atoms with van der Waals surface area (Å²) >= 11 is 1.50. The van der Waals surface area contributed by atoms with Gasteiger partial charge in [-0.3, -0.25) is 4.98 Å². The van der Waals surface area contributed by atoms with Gasteiger partial charge in [0.25, 0.3) is 0 Å². The number of hydrogen-bond donors (Lipinski definition) is 1. The van der Waals surface area contributed by atoms with Crippen LogP contribution in [-0.4, -0.2) is 19.5 Å². The van der Waals surface area contributed by atoms with Crippen LogP contribution >= 0.6 is 11.3 Å². The average Bonchev–Trinajstić information content (AvgIpc) is 3.02. The smallest absolute Gasteiger partial charge is 0.180 e. The van der Waals surface area contributed by atoms with Gasteiger partial charge in [0.05, 0.1) is 17.4 Å². The standard InChI is InChI=1S/C14H17N5S/c1-2-19-12-6-7-16-8-11(12)18-13(19)5-3-4-10-9-20-14(15)17-10/h6-9H,2-5H2,1H3,(H2,15,17). The molecule has 0 atom stereocenters. The van der Waals surface area contributed by atoms with Crippen molar-refractivity contribution < 1.29 is 0 Å². The maximum Gasteiger partial charge on any atom is 0.180 e. The molecule has 3 rings (SSSR count). The predicted molar refractivity (Wildman–Crippen MR) is 81.8 cm³/mol. The first-order valence-corrected chi connectivity index (χ1v) is 7.65. The third-order valence-corrected chi connectivity index (χ3v) is 4.07. The van der Waals surface area contributed by atoms with Gasteiger partial charge in [-0.25, -0.2) is 9.97 Å². The first kappa shape index (κ1) is 13.1. The fraction of sp³-hybridized carbons (Fsp3) is 0.357. The Morgan fingerprint density at radius 1 is 1.30 bits per heavy atom. The third kappa shape index (κ3) is 2.51. The van der Waals surface area contributed by atoms with E-state index < -0.39 is 0 Å². The van der Waals surface area contributed by atoms with Crippen LogP contribution in [0.2, 0.25) is 0 Å². The largest absolute Gasteiger partial charge is 0.375 e. The lowest BCUT2D eigenvalue weighted by molar-refractivity contribution is 0.679. The van der Waals surface area contributed by atoms with Crippen LogP contribution in [0.1, 0.15) is 24.9 Å². The second kappa shape index (κ2) is 5.58. The van der Waals surface area contributed by atoms with Crippen LogP contribution in [0.3, 0.4) is 0 Å². The van der Waals surface area contributed by atoms with E-state index >= 15 is 0 Å². The summed E-state index contributed by atoms with van der Waals surface area (Å²) in [5.41, 5.74) is 8.86. The zero-order chi connectivity index (χ0) is 13.9. The quantitative estimate of drug-likeness (QED) is 0.783. The number of aromatic nitrogens is 4. The molecule has 0 fully saturated rings. The molecule has 3 heterocycles. The summed E-state index contributed by atoms with van der Waals surface area (Å²) in [5, 5.41) is 2.68. The highest BCUT2D eigenvalue weighted by molar-refractivity contribution is 7.13. The molecule has 0 aliphatic rings. The predicted octanol–water partition coefficient (Wildman–Crippen LogP) is 2.67. The molecule has 0 radical (unpaired) electrons. The summed E-state index contributed by atoms with van der Waals surface area (Å²) in [6.45, 7) is 3.08. The van der Waals surface area contributed by atoms with Crippen molar-refractivity contribution in [1.29, 1.82) is 0 Å². The van der Waals surface area contributed by atoms with Crippen LogP contribution < -0.4 is 5.73 Å². The summed E-state index contributed by atoms with van der Waals surface area (Å²) in [5.74, 6) is 1.12. The number of rotatable bonds is 5. The molecule has 0 aliphatic heterocycles. The lowest BCUT2D eigenvalue weighted by atomic mass is 10.2. The minimum absolute atomic E-state index is 0.645. The normalized spacial score (nSPS) is 11.2. The molecule has 0 aliphatic carbocycles. The summed E-state index contributed by atoms with van der Waals surface area (Å²) < 4.78 is 2.26. The van der Waals surface area contributed by atoms with Gasteiger partial charge in [-0.05, 0) is 25.8 Å². The Labute approximate surface area is 121 Å². The van der Waals surface area contributed by atoms with Gasteiger partial charge in [0, 0.05) is 24.5 Å². The fourth-order valence-corrected chi connectivity index (χ4v) is 3.04. The highest BCUT2D eigenvalue weighted by Crippen LogP contribution is 2.17. The van der Waals surface area contributed by atoms with Crippen molar-refractivity contribution >= 4 is 27.5 Å². The molecule has 0 spiro atoms. The second-order valence-corrected chi connectivity index (χ2v) is 5.56. The zero-order valence-electron chi connectivity index (χ0n) is 11.4. The summed E-state index contributed by atoms with van der Waals surface area (Å²) in [7, 11) is 0. The number of anilines is 1. The van der Waals surface area contributed by atoms with Crippen molar-refractivity contribution in [1.82, 2.24) is 19.5 Å². The molecule has 0 unspecified atom stereocenters. The summed E-state index contributed by atoms with van der Waals surface area (Å²) in [6.07, 6.45) is 6.56. The van der Waals surface area contributed by atoms with Crippen LogP contribution in [0.15, 0.2) is 23.8 Å². The molecule has 0 aromatic carbocycles. The van der Waals surface area contributed by atoms with Crippen molar-refractivity contribution in [2.75, 3.05) is 5.73 Å². The van der Waals surface area contributed by atoms with Crippen LogP contribution in [0, 0.1) is 0 Å². The third-order valence-electron chi connectivity index (χ3n) is 3.35. The number of nitrogens with two attached hydrogens (primary N) is 1. The number of thiazole rings is 1. The van der Waals surface area contributed by atoms with E-state index in [-0.39, 0.29) is 0 Å². The summed E-state index contributed by atoms with van der Waals surface area (Å²) in [4.78, 5) is 13.1. The maximum atomic E-state index is 5.64. The Hall–Kier alpha value is -1.95. The number of nitrogen functional groups attached to an aromatic ring is 1. The molecule has 0 bridgehead atoms. The number of pyridine rings is 1. The van der Waals surface area contributed by atoms with Gasteiger partial charge < -0.3 is 10.3 Å². The van der Waals surface area contributed by atoms with Crippen molar-refractivity contribution in [2.45, 2.75) is 32.7 Å². The lowest BCUT2D eigenvalue weighted by Crippen LogP contribution is -2.02. The Balaban J connectivity index is 1.73. The minimum atomic E-state index is 0.645. The molecule has 3 aromatic rings. The van der Waals surface area contributed by atoms with E-state index in [2.05, 4.69) is 26.4 Å². The molecule has 20 heavy (non-hydrogen) atoms. The molecule has 104 valence electrons. The van der Waals surface area contributed by atoms with Crippen LogP contribution in [0.4, 0.5) is 5.13 Å². The monoisotopic (exact) mass is 287 g/mol. The first-order chi connectivity index (χ1) is 9.78. The van der Waals surface area contributed by atoms with Crippen LogP contribution in [0.5, 0.6) is 0 Å². The average molecular weight is 287 g/mol. The molecule has 0 amide bonds. The van der Waals surface area contributed by atoms with Gasteiger partial charge in [-0.2, -0.15) is 0 Å². The Bertz CT molecular complexity index is 715. The van der Waals surface area contributed by atoms with Crippen LogP contribution in [0.25, 0.3) is 11.0 Å². The summed E-state index contributed by atoms with van der Waals surface area (Å²) in [6, 6.07) is 2.02.